The van der Waals surface area contributed by atoms with Crippen molar-refractivity contribution in [2.75, 3.05) is 32.8 Å². The molecule has 0 bridgehead atoms. The van der Waals surface area contributed by atoms with Crippen molar-refractivity contribution < 1.29 is 9.59 Å². The zero-order chi connectivity index (χ0) is 31.6. The van der Waals surface area contributed by atoms with E-state index in [1.54, 1.807) is 0 Å². The van der Waals surface area contributed by atoms with Crippen LogP contribution < -0.4 is 21.3 Å². The fourth-order valence-corrected chi connectivity index (χ4v) is 5.93. The number of benzene rings is 4. The first-order valence-electron chi connectivity index (χ1n) is 13.9. The number of nitrogens with one attached hydrogen (secondary N) is 4. The number of hydrogen-bond acceptors (Lipinski definition) is 6. The number of para-hydroxylation sites is 2. The highest BCUT2D eigenvalue weighted by Crippen LogP contribution is 2.29. The summed E-state index contributed by atoms with van der Waals surface area (Å²) < 4.78 is 1.10. The van der Waals surface area contributed by atoms with E-state index in [9.17, 15) is 9.59 Å². The number of thioether (sulfide) groups is 2. The first-order valence-corrected chi connectivity index (χ1v) is 16.7. The van der Waals surface area contributed by atoms with Crippen LogP contribution in [-0.2, 0) is 9.59 Å². The molecule has 4 rings (SSSR count). The molecule has 0 radical (unpaired) electrons. The Morgan fingerprint density at radius 1 is 0.523 bits per heavy atom. The van der Waals surface area contributed by atoms with Crippen LogP contribution in [0.25, 0.3) is 11.1 Å². The highest BCUT2D eigenvalue weighted by atomic mass is 32.2. The molecule has 0 spiro atoms. The molecular weight excluding hydrogens is 625 g/mol. The van der Waals surface area contributed by atoms with Gasteiger partial charge >= 0.3 is 0 Å². The summed E-state index contributed by atoms with van der Waals surface area (Å²) in [5.41, 5.74) is 9.49. The van der Waals surface area contributed by atoms with Crippen molar-refractivity contribution in [3.63, 3.8) is 0 Å². The van der Waals surface area contributed by atoms with Crippen LogP contribution in [0.4, 0.5) is 22.7 Å². The molecule has 44 heavy (non-hydrogen) atoms. The molecule has 6 nitrogen and oxygen atoms in total. The number of carbonyl (C=O) groups is 2. The summed E-state index contributed by atoms with van der Waals surface area (Å²) in [5, 5.41) is 12.4. The van der Waals surface area contributed by atoms with Crippen molar-refractivity contribution in [3.05, 3.63) is 107 Å². The minimum Gasteiger partial charge on any atom is -0.341 e. The molecule has 0 unspecified atom stereocenters. The summed E-state index contributed by atoms with van der Waals surface area (Å²) in [5.74, 6) is 0.165. The second-order valence-corrected chi connectivity index (χ2v) is 13.5. The van der Waals surface area contributed by atoms with E-state index in [-0.39, 0.29) is 23.3 Å². The summed E-state index contributed by atoms with van der Waals surface area (Å²) in [4.78, 5) is 25.3. The maximum Gasteiger partial charge on any atom is 0.234 e. The lowest BCUT2D eigenvalue weighted by molar-refractivity contribution is -0.114. The van der Waals surface area contributed by atoms with Gasteiger partial charge in [-0.3, -0.25) is 9.59 Å². The zero-order valence-corrected chi connectivity index (χ0v) is 28.2. The molecule has 0 saturated carbocycles. The molecule has 0 aromatic heterocycles. The van der Waals surface area contributed by atoms with Gasteiger partial charge < -0.3 is 21.3 Å². The van der Waals surface area contributed by atoms with Crippen molar-refractivity contribution in [1.29, 1.82) is 0 Å². The van der Waals surface area contributed by atoms with E-state index < -0.39 is 0 Å². The third-order valence-corrected chi connectivity index (χ3v) is 9.22. The summed E-state index contributed by atoms with van der Waals surface area (Å²) in [6.45, 7) is 7.95. The number of rotatable bonds is 9. The van der Waals surface area contributed by atoms with Gasteiger partial charge in [0.05, 0.1) is 11.5 Å². The Kier molecular flexibility index (Phi) is 12.0. The van der Waals surface area contributed by atoms with Crippen LogP contribution in [0.1, 0.15) is 22.3 Å². The van der Waals surface area contributed by atoms with Gasteiger partial charge in [-0.15, -0.1) is 0 Å². The van der Waals surface area contributed by atoms with Crippen LogP contribution in [0, 0.1) is 27.7 Å². The SMILES string of the molecule is Cc1cc(-c2ccc(NC(=O)CSC(=S)Nc3ccccc3C)c(C)c2)ccc1NC(=O)CSC(=S)Nc1ccccc1C. The molecule has 4 aromatic carbocycles. The van der Waals surface area contributed by atoms with E-state index in [1.165, 1.54) is 23.5 Å². The standard InChI is InChI=1S/C34H34N4O2S4/c1-21-9-5-7-11-27(21)37-33(41)43-19-31(39)35-29-15-13-25(17-23(29)3)26-14-16-30(24(4)18-26)36-32(40)20-44-34(42)38-28-12-8-6-10-22(28)2/h5-18H,19-20H2,1-4H3,(H,35,39)(H,36,40)(H,37,41)(H,38,42). The number of aryl methyl sites for hydroxylation is 4. The third-order valence-electron chi connectivity index (χ3n) is 6.77. The van der Waals surface area contributed by atoms with Crippen molar-refractivity contribution >= 4 is 91.2 Å². The fourth-order valence-electron chi connectivity index (χ4n) is 4.32. The number of anilines is 4. The second kappa shape index (κ2) is 15.9. The lowest BCUT2D eigenvalue weighted by atomic mass is 10.00. The first-order chi connectivity index (χ1) is 21.1. The zero-order valence-electron chi connectivity index (χ0n) is 24.9. The first kappa shape index (κ1) is 33.2. The molecular formula is C34H34N4O2S4. The van der Waals surface area contributed by atoms with Gasteiger partial charge in [-0.25, -0.2) is 0 Å². The van der Waals surface area contributed by atoms with Crippen LogP contribution in [0.2, 0.25) is 0 Å². The molecule has 0 heterocycles. The largest absolute Gasteiger partial charge is 0.341 e. The van der Waals surface area contributed by atoms with Crippen LogP contribution in [0.15, 0.2) is 84.9 Å². The Morgan fingerprint density at radius 2 is 0.886 bits per heavy atom. The van der Waals surface area contributed by atoms with Crippen molar-refractivity contribution in [2.24, 2.45) is 0 Å². The van der Waals surface area contributed by atoms with Crippen LogP contribution in [0.3, 0.4) is 0 Å². The minimum absolute atomic E-state index is 0.124. The van der Waals surface area contributed by atoms with Gasteiger partial charge in [0.25, 0.3) is 0 Å². The van der Waals surface area contributed by atoms with E-state index in [2.05, 4.69) is 21.3 Å². The van der Waals surface area contributed by atoms with Crippen molar-refractivity contribution in [3.8, 4) is 11.1 Å². The van der Waals surface area contributed by atoms with Gasteiger partial charge in [-0.1, -0.05) is 96.5 Å². The van der Waals surface area contributed by atoms with Gasteiger partial charge in [0.1, 0.15) is 8.64 Å². The Morgan fingerprint density at radius 3 is 1.25 bits per heavy atom. The number of hydrogen-bond donors (Lipinski definition) is 4. The molecule has 0 atom stereocenters. The second-order valence-electron chi connectivity index (χ2n) is 10.2. The number of thiocarbonyl (C=S) groups is 2. The molecule has 2 amide bonds. The molecule has 0 fully saturated rings. The summed E-state index contributed by atoms with van der Waals surface area (Å²) >= 11 is 13.4. The molecule has 0 saturated heterocycles. The van der Waals surface area contributed by atoms with Gasteiger partial charge in [-0.05, 0) is 97.5 Å². The molecule has 10 heteroatoms. The Hall–Kier alpha value is -3.70. The summed E-state index contributed by atoms with van der Waals surface area (Å²) in [7, 11) is 0. The van der Waals surface area contributed by atoms with Crippen molar-refractivity contribution in [2.45, 2.75) is 27.7 Å². The highest BCUT2D eigenvalue weighted by molar-refractivity contribution is 8.24. The molecule has 0 aliphatic carbocycles. The van der Waals surface area contributed by atoms with Gasteiger partial charge in [0.15, 0.2) is 0 Å². The monoisotopic (exact) mass is 658 g/mol. The molecule has 0 aliphatic heterocycles. The van der Waals surface area contributed by atoms with Crippen molar-refractivity contribution in [1.82, 2.24) is 0 Å². The quantitative estimate of drug-likeness (QED) is 0.133. The van der Waals surface area contributed by atoms with Crippen LogP contribution in [-0.4, -0.2) is 32.0 Å². The van der Waals surface area contributed by atoms with E-state index in [0.29, 0.717) is 8.64 Å². The Bertz CT molecular complexity index is 1580. The lowest BCUT2D eigenvalue weighted by Crippen LogP contribution is -2.17. The Balaban J connectivity index is 1.27. The maximum atomic E-state index is 12.6. The summed E-state index contributed by atoms with van der Waals surface area (Å²) in [6.07, 6.45) is 0. The molecule has 4 N–H and O–H groups in total. The number of carbonyl (C=O) groups excluding carboxylic acids is 2. The summed E-state index contributed by atoms with van der Waals surface area (Å²) in [6, 6.07) is 27.6. The van der Waals surface area contributed by atoms with Gasteiger partial charge in [-0.2, -0.15) is 0 Å². The average molecular weight is 659 g/mol. The number of amides is 2. The smallest absolute Gasteiger partial charge is 0.234 e. The molecule has 226 valence electrons. The fraction of sp³-hybridized carbons (Fsp3) is 0.176. The Labute approximate surface area is 278 Å². The average Bonchev–Trinajstić information content (AvgIpc) is 2.99. The van der Waals surface area contributed by atoms with E-state index in [1.807, 2.05) is 113 Å². The predicted octanol–water partition coefficient (Wildman–Crippen LogP) is 8.72. The van der Waals surface area contributed by atoms with E-state index >= 15 is 0 Å². The topological polar surface area (TPSA) is 82.3 Å². The molecule has 0 aliphatic rings. The normalized spacial score (nSPS) is 10.5. The minimum atomic E-state index is -0.124. The molecule has 4 aromatic rings. The lowest BCUT2D eigenvalue weighted by Gasteiger charge is -2.14. The van der Waals surface area contributed by atoms with Crippen LogP contribution in [0.5, 0.6) is 0 Å². The predicted molar refractivity (Wildman–Crippen MR) is 198 cm³/mol. The van der Waals surface area contributed by atoms with Crippen LogP contribution >= 0.6 is 48.0 Å². The van der Waals surface area contributed by atoms with Gasteiger partial charge in [0.2, 0.25) is 11.8 Å². The highest BCUT2D eigenvalue weighted by Gasteiger charge is 2.12. The third kappa shape index (κ3) is 9.65. The van der Waals surface area contributed by atoms with Gasteiger partial charge in [0, 0.05) is 22.7 Å². The van der Waals surface area contributed by atoms with E-state index in [4.69, 9.17) is 24.4 Å². The maximum absolute atomic E-state index is 12.6. The van der Waals surface area contributed by atoms with E-state index in [0.717, 1.165) is 56.1 Å².